The number of aliphatic hydroxyl groups is 2. The van der Waals surface area contributed by atoms with E-state index in [0.717, 1.165) is 4.57 Å². The third kappa shape index (κ3) is 6.57. The highest BCUT2D eigenvalue weighted by Crippen LogP contribution is 2.66. The largest absolute Gasteiger partial charge is 0.490 e. The van der Waals surface area contributed by atoms with Crippen molar-refractivity contribution in [3.63, 3.8) is 0 Å². The summed E-state index contributed by atoms with van der Waals surface area (Å²) in [5.41, 5.74) is -0.625. The highest BCUT2D eigenvalue weighted by molar-refractivity contribution is 7.66. The normalized spacial score (nSPS) is 27.4. The molecule has 184 valence electrons. The van der Waals surface area contributed by atoms with Gasteiger partial charge in [-0.25, -0.2) is 13.7 Å². The summed E-state index contributed by atoms with van der Waals surface area (Å²) in [6.07, 6.45) is -5.15. The van der Waals surface area contributed by atoms with Crippen molar-refractivity contribution in [1.82, 2.24) is 4.57 Å². The molecule has 19 heteroatoms. The number of pyridine rings is 1. The smallest absolute Gasteiger partial charge is 0.387 e. The highest BCUT2D eigenvalue weighted by Gasteiger charge is 2.46. The fourth-order valence-electron chi connectivity index (χ4n) is 2.99. The Bertz CT molecular complexity index is 1250. The van der Waals surface area contributed by atoms with Gasteiger partial charge in [-0.05, 0) is 23.6 Å². The van der Waals surface area contributed by atoms with E-state index in [1.165, 1.54) is 18.3 Å². The summed E-state index contributed by atoms with van der Waals surface area (Å²) < 4.78 is 51.7. The van der Waals surface area contributed by atoms with Gasteiger partial charge in [-0.15, -0.1) is 0 Å². The zero-order valence-corrected chi connectivity index (χ0v) is 19.5. The molecular weight excluding hydrogens is 535 g/mol. The van der Waals surface area contributed by atoms with Crippen LogP contribution in [0.1, 0.15) is 6.23 Å². The average Bonchev–Trinajstić information content (AvgIpc) is 2.93. The van der Waals surface area contributed by atoms with Crippen LogP contribution in [0.4, 0.5) is 0 Å². The van der Waals surface area contributed by atoms with E-state index in [9.17, 15) is 33.6 Å². The Balaban J connectivity index is 1.74. The van der Waals surface area contributed by atoms with E-state index in [1.54, 1.807) is 12.1 Å². The monoisotopic (exact) mass is 551 g/mol. The van der Waals surface area contributed by atoms with E-state index in [-0.39, 0.29) is 10.4 Å². The summed E-state index contributed by atoms with van der Waals surface area (Å²) in [6.45, 7) is -1.01. The minimum Gasteiger partial charge on any atom is -0.387 e. The van der Waals surface area contributed by atoms with Crippen LogP contribution in [-0.4, -0.2) is 59.3 Å². The maximum atomic E-state index is 12.8. The standard InChI is InChI=1S/C14H17ClNO14P3/c15-8-2-1-7-3-4-16(13(19)9(7)5-8)14-12(18)11(17)10(28-14)6-27-32(23,24)30-33(25,26)29-31(20,21)22/h1-5,10-12,14,17-18H,6H2,(H,23,24)(H,25,26)(H2,20,21,22)/t10-,11+,12+,14-/m0/s1. The summed E-state index contributed by atoms with van der Waals surface area (Å²) in [5.74, 6) is 0. The number of phosphoric ester groups is 1. The van der Waals surface area contributed by atoms with E-state index in [4.69, 9.17) is 31.0 Å². The van der Waals surface area contributed by atoms with Crippen LogP contribution in [-0.2, 0) is 31.6 Å². The number of fused-ring (bicyclic) bond motifs is 1. The van der Waals surface area contributed by atoms with Crippen LogP contribution in [0.2, 0.25) is 5.02 Å². The molecule has 0 spiro atoms. The topological polar surface area (TPSA) is 232 Å². The van der Waals surface area contributed by atoms with Crippen LogP contribution in [0.15, 0.2) is 35.3 Å². The second-order valence-electron chi connectivity index (χ2n) is 6.69. The van der Waals surface area contributed by atoms with Crippen LogP contribution in [0.3, 0.4) is 0 Å². The van der Waals surface area contributed by atoms with Gasteiger partial charge in [-0.1, -0.05) is 17.7 Å². The molecule has 6 N–H and O–H groups in total. The summed E-state index contributed by atoms with van der Waals surface area (Å²) in [6, 6.07) is 6.07. The van der Waals surface area contributed by atoms with Gasteiger partial charge in [0.25, 0.3) is 5.56 Å². The van der Waals surface area contributed by atoms with Crippen LogP contribution < -0.4 is 5.56 Å². The lowest BCUT2D eigenvalue weighted by Gasteiger charge is -2.19. The van der Waals surface area contributed by atoms with Crippen molar-refractivity contribution < 1.29 is 61.4 Å². The number of phosphoric acid groups is 3. The molecule has 2 unspecified atom stereocenters. The van der Waals surface area contributed by atoms with Gasteiger partial charge in [-0.3, -0.25) is 13.9 Å². The van der Waals surface area contributed by atoms with Crippen molar-refractivity contribution in [3.05, 3.63) is 45.8 Å². The van der Waals surface area contributed by atoms with Crippen molar-refractivity contribution in [2.45, 2.75) is 24.5 Å². The Labute approximate surface area is 189 Å². The number of ether oxygens (including phenoxy) is 1. The maximum absolute atomic E-state index is 12.8. The number of aliphatic hydroxyl groups excluding tert-OH is 2. The van der Waals surface area contributed by atoms with E-state index in [1.807, 2.05) is 0 Å². The molecule has 1 fully saturated rings. The summed E-state index contributed by atoms with van der Waals surface area (Å²) in [4.78, 5) is 48.4. The lowest BCUT2D eigenvalue weighted by molar-refractivity contribution is -0.0533. The molecule has 1 aromatic heterocycles. The predicted octanol–water partition coefficient (Wildman–Crippen LogP) is 0.617. The predicted molar refractivity (Wildman–Crippen MR) is 109 cm³/mol. The Morgan fingerprint density at radius 1 is 1.00 bits per heavy atom. The Morgan fingerprint density at radius 2 is 1.67 bits per heavy atom. The van der Waals surface area contributed by atoms with Gasteiger partial charge in [0.15, 0.2) is 6.23 Å². The molecule has 0 aliphatic carbocycles. The fraction of sp³-hybridized carbons (Fsp3) is 0.357. The molecule has 2 heterocycles. The highest BCUT2D eigenvalue weighted by atomic mass is 35.5. The number of hydrogen-bond acceptors (Lipinski definition) is 10. The first-order chi connectivity index (χ1) is 15.1. The molecule has 15 nitrogen and oxygen atoms in total. The first-order valence-corrected chi connectivity index (χ1v) is 13.6. The summed E-state index contributed by atoms with van der Waals surface area (Å²) in [7, 11) is -16.8. The van der Waals surface area contributed by atoms with Gasteiger partial charge in [0.1, 0.15) is 18.3 Å². The minimum atomic E-state index is -5.73. The quantitative estimate of drug-likeness (QED) is 0.247. The SMILES string of the molecule is O=c1c2cc(Cl)ccc2ccn1[C@H]1O[C@@H](COP(=O)(O)OP(=O)(O)OP(=O)(O)O)[C@@H](O)[C@H]1O. The first kappa shape index (κ1) is 26.6. The molecule has 6 atom stereocenters. The number of rotatable bonds is 8. The molecule has 3 rings (SSSR count). The van der Waals surface area contributed by atoms with E-state index in [0.29, 0.717) is 5.39 Å². The minimum absolute atomic E-state index is 0.187. The molecule has 2 aromatic rings. The zero-order valence-electron chi connectivity index (χ0n) is 16.0. The number of benzene rings is 1. The molecule has 33 heavy (non-hydrogen) atoms. The van der Waals surface area contributed by atoms with Crippen molar-refractivity contribution in [1.29, 1.82) is 0 Å². The van der Waals surface area contributed by atoms with E-state index >= 15 is 0 Å². The summed E-state index contributed by atoms with van der Waals surface area (Å²) >= 11 is 5.91. The van der Waals surface area contributed by atoms with Gasteiger partial charge in [0.2, 0.25) is 0 Å². The van der Waals surface area contributed by atoms with Crippen molar-refractivity contribution in [2.75, 3.05) is 6.61 Å². The van der Waals surface area contributed by atoms with E-state index < -0.39 is 60.2 Å². The average molecular weight is 552 g/mol. The van der Waals surface area contributed by atoms with E-state index in [2.05, 4.69) is 13.1 Å². The Kier molecular flexibility index (Phi) is 7.72. The molecule has 1 aliphatic rings. The van der Waals surface area contributed by atoms with Gasteiger partial charge in [0.05, 0.1) is 6.61 Å². The lowest BCUT2D eigenvalue weighted by atomic mass is 10.1. The molecule has 1 aromatic carbocycles. The molecule has 1 saturated heterocycles. The number of halogens is 1. The number of nitrogens with zero attached hydrogens (tertiary/aromatic N) is 1. The second kappa shape index (κ2) is 9.57. The van der Waals surface area contributed by atoms with Crippen molar-refractivity contribution >= 4 is 45.8 Å². The second-order valence-corrected chi connectivity index (χ2v) is 11.5. The Hall–Kier alpha value is -0.990. The molecule has 1 aliphatic heterocycles. The Morgan fingerprint density at radius 3 is 2.30 bits per heavy atom. The molecule has 0 radical (unpaired) electrons. The van der Waals surface area contributed by atoms with Crippen LogP contribution in [0.25, 0.3) is 10.8 Å². The van der Waals surface area contributed by atoms with Crippen LogP contribution in [0.5, 0.6) is 0 Å². The zero-order chi connectivity index (χ0) is 24.8. The molecule has 0 saturated carbocycles. The maximum Gasteiger partial charge on any atom is 0.490 e. The number of hydrogen-bond donors (Lipinski definition) is 6. The van der Waals surface area contributed by atoms with Gasteiger partial charge >= 0.3 is 23.5 Å². The third-order valence-electron chi connectivity index (χ3n) is 4.32. The van der Waals surface area contributed by atoms with Crippen LogP contribution >= 0.6 is 35.1 Å². The molecule has 0 bridgehead atoms. The first-order valence-electron chi connectivity index (χ1n) is 8.69. The van der Waals surface area contributed by atoms with Gasteiger partial charge in [-0.2, -0.15) is 8.62 Å². The molecular formula is C14H17ClNO14P3. The van der Waals surface area contributed by atoms with Gasteiger partial charge < -0.3 is 34.5 Å². The fourth-order valence-corrected chi connectivity index (χ4v) is 6.20. The molecule has 0 amide bonds. The third-order valence-corrected chi connectivity index (χ3v) is 8.36. The van der Waals surface area contributed by atoms with Crippen LogP contribution in [0, 0.1) is 0 Å². The van der Waals surface area contributed by atoms with Crippen molar-refractivity contribution in [2.24, 2.45) is 0 Å². The lowest BCUT2D eigenvalue weighted by Crippen LogP contribution is -2.35. The summed E-state index contributed by atoms with van der Waals surface area (Å²) in [5, 5.41) is 21.5. The van der Waals surface area contributed by atoms with Crippen molar-refractivity contribution in [3.8, 4) is 0 Å². The van der Waals surface area contributed by atoms with Gasteiger partial charge in [0, 0.05) is 16.6 Å². The number of aromatic nitrogens is 1.